The molecule has 1 aromatic heterocycles. The van der Waals surface area contributed by atoms with E-state index >= 15 is 0 Å². The summed E-state index contributed by atoms with van der Waals surface area (Å²) in [6, 6.07) is 6.55. The monoisotopic (exact) mass is 243 g/mol. The summed E-state index contributed by atoms with van der Waals surface area (Å²) in [5, 5.41) is 0. The number of benzene rings is 1. The molecule has 2 fully saturated rings. The van der Waals surface area contributed by atoms with Crippen molar-refractivity contribution in [2.24, 2.45) is 0 Å². The topological polar surface area (TPSA) is 53.1 Å². The maximum atomic E-state index is 6.13. The molecule has 4 heteroatoms. The highest BCUT2D eigenvalue weighted by Gasteiger charge is 2.42. The van der Waals surface area contributed by atoms with Crippen molar-refractivity contribution in [1.29, 1.82) is 0 Å². The number of para-hydroxylation sites is 1. The van der Waals surface area contributed by atoms with E-state index in [4.69, 9.17) is 10.5 Å². The molecule has 4 nitrogen and oxygen atoms in total. The second-order valence-electron chi connectivity index (χ2n) is 5.46. The minimum atomic E-state index is 0.328. The Kier molecular flexibility index (Phi) is 2.01. The summed E-state index contributed by atoms with van der Waals surface area (Å²) in [5.74, 6) is 0.625. The second-order valence-corrected chi connectivity index (χ2v) is 5.46. The Labute approximate surface area is 106 Å². The SMILES string of the molecule is Cc1cccc2nc(N)n(C3CC4CCC3O4)c12. The molecule has 3 heterocycles. The van der Waals surface area contributed by atoms with Gasteiger partial charge in [0.2, 0.25) is 5.95 Å². The standard InChI is InChI=1S/C14H17N3O/c1-8-3-2-4-10-13(8)17(14(15)16-10)11-7-9-5-6-12(11)18-9/h2-4,9,11-12H,5-7H2,1H3,(H2,15,16). The van der Waals surface area contributed by atoms with Gasteiger partial charge in [-0.2, -0.15) is 0 Å². The number of nitrogens with zero attached hydrogens (tertiary/aromatic N) is 2. The lowest BCUT2D eigenvalue weighted by Crippen LogP contribution is -2.22. The summed E-state index contributed by atoms with van der Waals surface area (Å²) in [7, 11) is 0. The summed E-state index contributed by atoms with van der Waals surface area (Å²) in [5.41, 5.74) is 9.54. The summed E-state index contributed by atoms with van der Waals surface area (Å²) in [6.45, 7) is 2.12. The van der Waals surface area contributed by atoms with Gasteiger partial charge in [0.15, 0.2) is 0 Å². The van der Waals surface area contributed by atoms with Gasteiger partial charge in [0.1, 0.15) is 0 Å². The fourth-order valence-corrected chi connectivity index (χ4v) is 3.56. The predicted octanol–water partition coefficient (Wildman–Crippen LogP) is 2.42. The van der Waals surface area contributed by atoms with Gasteiger partial charge in [-0.25, -0.2) is 4.98 Å². The normalized spacial score (nSPS) is 30.4. The highest BCUT2D eigenvalue weighted by molar-refractivity contribution is 5.81. The fourth-order valence-electron chi connectivity index (χ4n) is 3.56. The third-order valence-electron chi connectivity index (χ3n) is 4.34. The Hall–Kier alpha value is -1.55. The molecule has 0 amide bonds. The van der Waals surface area contributed by atoms with Crippen molar-refractivity contribution < 1.29 is 4.74 Å². The molecule has 2 aliphatic heterocycles. The summed E-state index contributed by atoms with van der Waals surface area (Å²) < 4.78 is 8.15. The van der Waals surface area contributed by atoms with Crippen LogP contribution in [0.15, 0.2) is 18.2 Å². The van der Waals surface area contributed by atoms with E-state index < -0.39 is 0 Å². The van der Waals surface area contributed by atoms with Gasteiger partial charge in [-0.05, 0) is 37.8 Å². The average molecular weight is 243 g/mol. The lowest BCUT2D eigenvalue weighted by Gasteiger charge is -2.22. The lowest BCUT2D eigenvalue weighted by atomic mass is 9.95. The Morgan fingerprint density at radius 1 is 1.39 bits per heavy atom. The number of anilines is 1. The average Bonchev–Trinajstić information content (AvgIpc) is 3.01. The number of aromatic nitrogens is 2. The fraction of sp³-hybridized carbons (Fsp3) is 0.500. The summed E-state index contributed by atoms with van der Waals surface area (Å²) >= 11 is 0. The molecule has 3 unspecified atom stereocenters. The minimum Gasteiger partial charge on any atom is -0.373 e. The van der Waals surface area contributed by atoms with Crippen LogP contribution >= 0.6 is 0 Å². The Balaban J connectivity index is 1.92. The largest absolute Gasteiger partial charge is 0.373 e. The van der Waals surface area contributed by atoms with Crippen molar-refractivity contribution in [1.82, 2.24) is 9.55 Å². The molecular formula is C14H17N3O. The first-order valence-corrected chi connectivity index (χ1v) is 6.62. The highest BCUT2D eigenvalue weighted by Crippen LogP contribution is 2.44. The van der Waals surface area contributed by atoms with Crippen LogP contribution in [0.3, 0.4) is 0 Å². The van der Waals surface area contributed by atoms with Crippen molar-refractivity contribution >= 4 is 17.0 Å². The van der Waals surface area contributed by atoms with Crippen LogP contribution in [0.25, 0.3) is 11.0 Å². The van der Waals surface area contributed by atoms with Crippen LogP contribution in [0.1, 0.15) is 30.9 Å². The molecule has 2 aliphatic rings. The van der Waals surface area contributed by atoms with Crippen LogP contribution in [0.2, 0.25) is 0 Å². The molecule has 2 bridgehead atoms. The number of imidazole rings is 1. The molecule has 0 radical (unpaired) electrons. The summed E-state index contributed by atoms with van der Waals surface area (Å²) in [6.07, 6.45) is 4.19. The molecular weight excluding hydrogens is 226 g/mol. The van der Waals surface area contributed by atoms with Crippen LogP contribution < -0.4 is 5.73 Å². The van der Waals surface area contributed by atoms with Crippen LogP contribution in [0.4, 0.5) is 5.95 Å². The minimum absolute atomic E-state index is 0.328. The first kappa shape index (κ1) is 10.4. The van der Waals surface area contributed by atoms with Crippen LogP contribution in [0, 0.1) is 6.92 Å². The molecule has 18 heavy (non-hydrogen) atoms. The van der Waals surface area contributed by atoms with Crippen LogP contribution in [-0.4, -0.2) is 21.8 Å². The van der Waals surface area contributed by atoms with E-state index in [1.54, 1.807) is 0 Å². The zero-order valence-electron chi connectivity index (χ0n) is 10.5. The number of hydrogen-bond acceptors (Lipinski definition) is 3. The number of aryl methyl sites for hydroxylation is 1. The van der Waals surface area contributed by atoms with Gasteiger partial charge in [0.25, 0.3) is 0 Å². The molecule has 2 N–H and O–H groups in total. The van der Waals surface area contributed by atoms with Crippen molar-refractivity contribution in [3.05, 3.63) is 23.8 Å². The van der Waals surface area contributed by atoms with Crippen molar-refractivity contribution in [3.8, 4) is 0 Å². The van der Waals surface area contributed by atoms with Crippen molar-refractivity contribution in [3.63, 3.8) is 0 Å². The molecule has 0 aliphatic carbocycles. The number of nitrogens with two attached hydrogens (primary N) is 1. The first-order valence-electron chi connectivity index (χ1n) is 6.62. The van der Waals surface area contributed by atoms with Crippen molar-refractivity contribution in [2.75, 3.05) is 5.73 Å². The zero-order chi connectivity index (χ0) is 12.3. The highest BCUT2D eigenvalue weighted by atomic mass is 16.5. The third-order valence-corrected chi connectivity index (χ3v) is 4.34. The number of rotatable bonds is 1. The van der Waals surface area contributed by atoms with Crippen LogP contribution in [-0.2, 0) is 4.74 Å². The van der Waals surface area contributed by atoms with E-state index in [9.17, 15) is 0 Å². The van der Waals surface area contributed by atoms with E-state index in [2.05, 4.69) is 22.5 Å². The maximum absolute atomic E-state index is 6.13. The molecule has 2 aromatic rings. The van der Waals surface area contributed by atoms with Crippen LogP contribution in [0.5, 0.6) is 0 Å². The second kappa shape index (κ2) is 3.48. The zero-order valence-corrected chi connectivity index (χ0v) is 10.5. The number of fused-ring (bicyclic) bond motifs is 3. The molecule has 0 spiro atoms. The number of ether oxygens (including phenoxy) is 1. The number of hydrogen-bond donors (Lipinski definition) is 1. The van der Waals surface area contributed by atoms with Gasteiger partial charge < -0.3 is 15.0 Å². The lowest BCUT2D eigenvalue weighted by molar-refractivity contribution is 0.0945. The summed E-state index contributed by atoms with van der Waals surface area (Å²) in [4.78, 5) is 4.49. The van der Waals surface area contributed by atoms with Gasteiger partial charge in [-0.15, -0.1) is 0 Å². The molecule has 1 aromatic carbocycles. The number of nitrogen functional groups attached to an aromatic ring is 1. The molecule has 2 saturated heterocycles. The molecule has 94 valence electrons. The Morgan fingerprint density at radius 2 is 2.28 bits per heavy atom. The van der Waals surface area contributed by atoms with Gasteiger partial charge in [0.05, 0.1) is 29.3 Å². The predicted molar refractivity (Wildman–Crippen MR) is 70.4 cm³/mol. The van der Waals surface area contributed by atoms with Gasteiger partial charge in [-0.1, -0.05) is 12.1 Å². The molecule has 0 saturated carbocycles. The van der Waals surface area contributed by atoms with E-state index in [-0.39, 0.29) is 0 Å². The van der Waals surface area contributed by atoms with Crippen molar-refractivity contribution in [2.45, 2.75) is 44.4 Å². The third kappa shape index (κ3) is 1.27. The maximum Gasteiger partial charge on any atom is 0.201 e. The first-order chi connectivity index (χ1) is 8.74. The van der Waals surface area contributed by atoms with E-state index in [0.717, 1.165) is 18.4 Å². The van der Waals surface area contributed by atoms with E-state index in [1.807, 2.05) is 12.1 Å². The van der Waals surface area contributed by atoms with Gasteiger partial charge >= 0.3 is 0 Å². The Morgan fingerprint density at radius 3 is 3.00 bits per heavy atom. The molecule has 3 atom stereocenters. The van der Waals surface area contributed by atoms with Gasteiger partial charge in [-0.3, -0.25) is 0 Å². The Bertz CT molecular complexity index is 619. The quantitative estimate of drug-likeness (QED) is 0.836. The smallest absolute Gasteiger partial charge is 0.201 e. The van der Waals surface area contributed by atoms with E-state index in [0.29, 0.717) is 24.2 Å². The molecule has 4 rings (SSSR count). The van der Waals surface area contributed by atoms with Gasteiger partial charge in [0, 0.05) is 0 Å². The van der Waals surface area contributed by atoms with E-state index in [1.165, 1.54) is 17.5 Å².